The maximum absolute atomic E-state index is 13.0. The zero-order chi connectivity index (χ0) is 21.8. The van der Waals surface area contributed by atoms with E-state index >= 15 is 0 Å². The highest BCUT2D eigenvalue weighted by atomic mass is 79.9. The topological polar surface area (TPSA) is 116 Å². The fraction of sp³-hybridized carbons (Fsp3) is 0.211. The monoisotopic (exact) mass is 521 g/mol. The molecule has 0 bridgehead atoms. The first kappa shape index (κ1) is 21.7. The third kappa shape index (κ3) is 5.57. The summed E-state index contributed by atoms with van der Waals surface area (Å²) in [4.78, 5) is 38.2. The number of carbonyl (C=O) groups excluding carboxylic acids is 3. The van der Waals surface area contributed by atoms with Crippen LogP contribution in [0.15, 0.2) is 61.8 Å². The second kappa shape index (κ2) is 9.71. The van der Waals surface area contributed by atoms with Gasteiger partial charge in [0.2, 0.25) is 11.8 Å². The number of rotatable bonds is 6. The highest BCUT2D eigenvalue weighted by molar-refractivity contribution is 9.10. The van der Waals surface area contributed by atoms with Gasteiger partial charge in [-0.1, -0.05) is 39.5 Å². The van der Waals surface area contributed by atoms with Crippen LogP contribution < -0.4 is 10.6 Å². The highest BCUT2D eigenvalue weighted by Gasteiger charge is 2.40. The normalized spacial score (nSPS) is 21.2. The number of halogens is 1. The molecule has 3 amide bonds. The SMILES string of the molecule is O=C(CC1S/C(=N\N=C2\CSC(=O)N2)N(Cc2ccco2)C1=O)Nc1ccc(Br)cc1. The van der Waals surface area contributed by atoms with Gasteiger partial charge >= 0.3 is 0 Å². The van der Waals surface area contributed by atoms with Gasteiger partial charge in [0.05, 0.1) is 18.6 Å². The Kier molecular flexibility index (Phi) is 6.78. The predicted molar refractivity (Wildman–Crippen MR) is 124 cm³/mol. The van der Waals surface area contributed by atoms with Crippen LogP contribution in [0.3, 0.4) is 0 Å². The largest absolute Gasteiger partial charge is 0.467 e. The van der Waals surface area contributed by atoms with Crippen molar-refractivity contribution in [1.82, 2.24) is 10.2 Å². The quantitative estimate of drug-likeness (QED) is 0.560. The fourth-order valence-electron chi connectivity index (χ4n) is 2.81. The molecule has 31 heavy (non-hydrogen) atoms. The molecule has 160 valence electrons. The van der Waals surface area contributed by atoms with Crippen LogP contribution >= 0.6 is 39.5 Å². The molecular formula is C19H16BrN5O4S2. The number of carbonyl (C=O) groups is 3. The molecule has 1 aromatic carbocycles. The summed E-state index contributed by atoms with van der Waals surface area (Å²) in [6.45, 7) is 0.175. The van der Waals surface area contributed by atoms with Crippen molar-refractivity contribution in [3.8, 4) is 0 Å². The summed E-state index contributed by atoms with van der Waals surface area (Å²) in [7, 11) is 0. The minimum atomic E-state index is -0.642. The van der Waals surface area contributed by atoms with Crippen LogP contribution in [0.25, 0.3) is 0 Å². The lowest BCUT2D eigenvalue weighted by atomic mass is 10.2. The van der Waals surface area contributed by atoms with Gasteiger partial charge in [-0.3, -0.25) is 19.3 Å². The minimum Gasteiger partial charge on any atom is -0.467 e. The number of nitrogens with zero attached hydrogens (tertiary/aromatic N) is 3. The molecule has 12 heteroatoms. The number of thioether (sulfide) groups is 2. The van der Waals surface area contributed by atoms with Crippen LogP contribution in [-0.4, -0.2) is 44.0 Å². The smallest absolute Gasteiger partial charge is 0.284 e. The van der Waals surface area contributed by atoms with Crippen molar-refractivity contribution in [2.45, 2.75) is 18.2 Å². The number of hydrogen-bond acceptors (Lipinski definition) is 8. The molecule has 0 spiro atoms. The van der Waals surface area contributed by atoms with Gasteiger partial charge in [-0.25, -0.2) is 0 Å². The van der Waals surface area contributed by atoms with E-state index in [-0.39, 0.29) is 30.0 Å². The van der Waals surface area contributed by atoms with Crippen molar-refractivity contribution in [3.63, 3.8) is 0 Å². The van der Waals surface area contributed by atoms with Gasteiger partial charge in [0.25, 0.3) is 5.24 Å². The Morgan fingerprint density at radius 1 is 1.26 bits per heavy atom. The van der Waals surface area contributed by atoms with Crippen LogP contribution in [0.5, 0.6) is 0 Å². The number of furan rings is 1. The van der Waals surface area contributed by atoms with Crippen molar-refractivity contribution in [2.24, 2.45) is 10.2 Å². The number of hydrogen-bond donors (Lipinski definition) is 2. The molecule has 2 aliphatic heterocycles. The lowest BCUT2D eigenvalue weighted by Gasteiger charge is -2.14. The Balaban J connectivity index is 1.48. The van der Waals surface area contributed by atoms with Gasteiger partial charge in [-0.05, 0) is 36.4 Å². The molecule has 2 aromatic rings. The Morgan fingerprint density at radius 2 is 2.06 bits per heavy atom. The molecule has 3 heterocycles. The van der Waals surface area contributed by atoms with E-state index in [0.29, 0.717) is 28.2 Å². The average molecular weight is 522 g/mol. The summed E-state index contributed by atoms with van der Waals surface area (Å²) in [6.07, 6.45) is 1.50. The third-order valence-corrected chi connectivity index (χ3v) is 6.73. The van der Waals surface area contributed by atoms with E-state index in [1.165, 1.54) is 11.2 Å². The summed E-state index contributed by atoms with van der Waals surface area (Å²) in [5.74, 6) is 0.865. The van der Waals surface area contributed by atoms with Crippen molar-refractivity contribution < 1.29 is 18.8 Å². The number of anilines is 1. The standard InChI is InChI=1S/C19H16BrN5O4S2/c20-11-3-5-12(6-4-11)21-16(26)8-14-17(27)25(9-13-2-1-7-29-13)18(31-14)24-23-15-10-30-19(28)22-15/h1-7,14H,8-10H2,(H,21,26)(H,22,23,28)/b24-18-. The maximum atomic E-state index is 13.0. The third-order valence-electron chi connectivity index (χ3n) is 4.26. The molecular weight excluding hydrogens is 506 g/mol. The molecule has 0 saturated carbocycles. The highest BCUT2D eigenvalue weighted by Crippen LogP contribution is 2.31. The molecule has 2 saturated heterocycles. The van der Waals surface area contributed by atoms with Gasteiger partial charge in [0, 0.05) is 16.6 Å². The number of benzene rings is 1. The first-order valence-electron chi connectivity index (χ1n) is 9.12. The summed E-state index contributed by atoms with van der Waals surface area (Å²) in [5.41, 5.74) is 0.644. The molecule has 2 fully saturated rings. The molecule has 2 N–H and O–H groups in total. The summed E-state index contributed by atoms with van der Waals surface area (Å²) in [5, 5.41) is 13.1. The average Bonchev–Trinajstić information content (AvgIpc) is 3.46. The zero-order valence-electron chi connectivity index (χ0n) is 15.9. The lowest BCUT2D eigenvalue weighted by molar-refractivity contribution is -0.128. The molecule has 1 unspecified atom stereocenters. The van der Waals surface area contributed by atoms with Crippen LogP contribution in [0.2, 0.25) is 0 Å². The van der Waals surface area contributed by atoms with Gasteiger partial charge < -0.3 is 15.1 Å². The molecule has 1 atom stereocenters. The van der Waals surface area contributed by atoms with Crippen molar-refractivity contribution in [1.29, 1.82) is 0 Å². The number of nitrogens with one attached hydrogen (secondary N) is 2. The van der Waals surface area contributed by atoms with E-state index in [0.717, 1.165) is 28.0 Å². The Morgan fingerprint density at radius 3 is 2.74 bits per heavy atom. The fourth-order valence-corrected chi connectivity index (χ4v) is 4.75. The number of amidine groups is 2. The van der Waals surface area contributed by atoms with Crippen LogP contribution in [0.1, 0.15) is 12.2 Å². The van der Waals surface area contributed by atoms with Gasteiger partial charge in [0.1, 0.15) is 16.8 Å². The molecule has 9 nitrogen and oxygen atoms in total. The molecule has 2 aliphatic rings. The molecule has 0 aliphatic carbocycles. The van der Waals surface area contributed by atoms with Crippen molar-refractivity contribution >= 4 is 73.2 Å². The first-order chi connectivity index (χ1) is 15.0. The van der Waals surface area contributed by atoms with Gasteiger partial charge in [0.15, 0.2) is 5.17 Å². The second-order valence-corrected chi connectivity index (χ2v) is 9.53. The lowest BCUT2D eigenvalue weighted by Crippen LogP contribution is -2.33. The van der Waals surface area contributed by atoms with Crippen molar-refractivity contribution in [2.75, 3.05) is 11.1 Å². The maximum Gasteiger partial charge on any atom is 0.284 e. The van der Waals surface area contributed by atoms with Crippen molar-refractivity contribution in [3.05, 3.63) is 52.9 Å². The summed E-state index contributed by atoms with van der Waals surface area (Å²) >= 11 is 5.61. The zero-order valence-corrected chi connectivity index (χ0v) is 19.1. The Labute approximate surface area is 194 Å². The van der Waals surface area contributed by atoms with Crippen LogP contribution in [0, 0.1) is 0 Å². The van der Waals surface area contributed by atoms with E-state index in [2.05, 4.69) is 36.8 Å². The Hall–Kier alpha value is -2.57. The van der Waals surface area contributed by atoms with E-state index in [9.17, 15) is 14.4 Å². The van der Waals surface area contributed by atoms with Gasteiger partial charge in [-0.2, -0.15) is 0 Å². The summed E-state index contributed by atoms with van der Waals surface area (Å²) < 4.78 is 6.25. The predicted octanol–water partition coefficient (Wildman–Crippen LogP) is 3.64. The minimum absolute atomic E-state index is 0.0175. The van der Waals surface area contributed by atoms with E-state index in [1.807, 2.05) is 12.1 Å². The van der Waals surface area contributed by atoms with E-state index in [1.54, 1.807) is 24.3 Å². The van der Waals surface area contributed by atoms with Crippen LogP contribution in [-0.2, 0) is 16.1 Å². The van der Waals surface area contributed by atoms with Crippen LogP contribution in [0.4, 0.5) is 10.5 Å². The second-order valence-electron chi connectivity index (χ2n) is 6.50. The van der Waals surface area contributed by atoms with Gasteiger partial charge in [-0.15, -0.1) is 10.2 Å². The summed E-state index contributed by atoms with van der Waals surface area (Å²) in [6, 6.07) is 10.7. The Bertz CT molecular complexity index is 1060. The molecule has 1 aromatic heterocycles. The number of amides is 3. The van der Waals surface area contributed by atoms with E-state index in [4.69, 9.17) is 4.42 Å². The first-order valence-corrected chi connectivity index (χ1v) is 11.8. The molecule has 0 radical (unpaired) electrons. The van der Waals surface area contributed by atoms with E-state index < -0.39 is 5.25 Å². The molecule has 4 rings (SSSR count).